The molecular formula is C11H17N. The van der Waals surface area contributed by atoms with Gasteiger partial charge in [-0.1, -0.05) is 33.8 Å². The van der Waals surface area contributed by atoms with Crippen molar-refractivity contribution in [3.8, 4) is 0 Å². The van der Waals surface area contributed by atoms with Gasteiger partial charge in [-0.05, 0) is 18.6 Å². The monoisotopic (exact) mass is 163 g/mol. The summed E-state index contributed by atoms with van der Waals surface area (Å²) in [6.07, 6.45) is 1.02. The van der Waals surface area contributed by atoms with Crippen molar-refractivity contribution in [1.82, 2.24) is 4.98 Å². The fraction of sp³-hybridized carbons (Fsp3) is 0.545. The minimum atomic E-state index is 0.172. The van der Waals surface area contributed by atoms with Crippen molar-refractivity contribution in [1.29, 1.82) is 0 Å². The second-order valence-corrected chi connectivity index (χ2v) is 4.12. The van der Waals surface area contributed by atoms with Crippen LogP contribution in [0.5, 0.6) is 0 Å². The van der Waals surface area contributed by atoms with Gasteiger partial charge in [0.15, 0.2) is 0 Å². The molecule has 1 heterocycles. The summed E-state index contributed by atoms with van der Waals surface area (Å²) in [6.45, 7) is 8.70. The highest BCUT2D eigenvalue weighted by Gasteiger charge is 2.14. The van der Waals surface area contributed by atoms with E-state index in [-0.39, 0.29) is 5.41 Å². The minimum Gasteiger partial charge on any atom is -0.257 e. The summed E-state index contributed by atoms with van der Waals surface area (Å²) in [7, 11) is 0. The molecule has 1 heteroatoms. The first kappa shape index (κ1) is 9.24. The Labute approximate surface area is 74.8 Å². The van der Waals surface area contributed by atoms with E-state index < -0.39 is 0 Å². The molecule has 0 saturated heterocycles. The van der Waals surface area contributed by atoms with Crippen molar-refractivity contribution >= 4 is 0 Å². The molecule has 0 radical (unpaired) electrons. The highest BCUT2D eigenvalue weighted by Crippen LogP contribution is 2.19. The molecule has 0 unspecified atom stereocenters. The molecule has 0 spiro atoms. The summed E-state index contributed by atoms with van der Waals surface area (Å²) in [5.41, 5.74) is 2.54. The Hall–Kier alpha value is -0.850. The summed E-state index contributed by atoms with van der Waals surface area (Å²) in [6, 6.07) is 6.26. The van der Waals surface area contributed by atoms with Crippen LogP contribution in [0.3, 0.4) is 0 Å². The molecule has 0 fully saturated rings. The quantitative estimate of drug-likeness (QED) is 0.620. The molecule has 0 N–H and O–H groups in total. The van der Waals surface area contributed by atoms with E-state index in [0.29, 0.717) is 0 Å². The number of nitrogens with zero attached hydrogens (tertiary/aromatic N) is 1. The Morgan fingerprint density at radius 2 is 1.92 bits per heavy atom. The van der Waals surface area contributed by atoms with Gasteiger partial charge in [-0.15, -0.1) is 0 Å². The molecule has 0 aliphatic carbocycles. The number of aryl methyl sites for hydroxylation is 1. The summed E-state index contributed by atoms with van der Waals surface area (Å²) in [5.74, 6) is 0. The number of aromatic nitrogens is 1. The summed E-state index contributed by atoms with van der Waals surface area (Å²) in [5, 5.41) is 0. The molecule has 0 aliphatic rings. The fourth-order valence-corrected chi connectivity index (χ4v) is 1.09. The van der Waals surface area contributed by atoms with Crippen molar-refractivity contribution < 1.29 is 0 Å². The molecule has 0 aromatic carbocycles. The van der Waals surface area contributed by atoms with E-state index >= 15 is 0 Å². The van der Waals surface area contributed by atoms with Crippen LogP contribution in [-0.4, -0.2) is 4.98 Å². The van der Waals surface area contributed by atoms with Crippen LogP contribution in [0.1, 0.15) is 39.1 Å². The molecule has 1 rings (SSSR count). The number of hydrogen-bond donors (Lipinski definition) is 0. The van der Waals surface area contributed by atoms with Crippen molar-refractivity contribution in [3.63, 3.8) is 0 Å². The predicted octanol–water partition coefficient (Wildman–Crippen LogP) is 2.94. The van der Waals surface area contributed by atoms with Crippen molar-refractivity contribution in [2.45, 2.75) is 39.5 Å². The summed E-state index contributed by atoms with van der Waals surface area (Å²) < 4.78 is 0. The molecule has 0 atom stereocenters. The van der Waals surface area contributed by atoms with Gasteiger partial charge in [-0.3, -0.25) is 4.98 Å². The molecular weight excluding hydrogens is 146 g/mol. The summed E-state index contributed by atoms with van der Waals surface area (Å²) >= 11 is 0. The van der Waals surface area contributed by atoms with E-state index in [1.807, 2.05) is 0 Å². The van der Waals surface area contributed by atoms with Gasteiger partial charge in [0.05, 0.1) is 0 Å². The maximum atomic E-state index is 4.56. The van der Waals surface area contributed by atoms with E-state index in [1.165, 1.54) is 11.4 Å². The lowest BCUT2D eigenvalue weighted by molar-refractivity contribution is 0.566. The van der Waals surface area contributed by atoms with E-state index in [2.05, 4.69) is 50.9 Å². The van der Waals surface area contributed by atoms with Crippen LogP contribution in [0.15, 0.2) is 18.2 Å². The molecule has 1 nitrogen and oxygen atoms in total. The second kappa shape index (κ2) is 3.26. The molecule has 0 bridgehead atoms. The summed E-state index contributed by atoms with van der Waals surface area (Å²) in [4.78, 5) is 4.56. The Bertz CT molecular complexity index is 258. The molecule has 0 amide bonds. The topological polar surface area (TPSA) is 12.9 Å². The lowest BCUT2D eigenvalue weighted by atomic mass is 9.91. The minimum absolute atomic E-state index is 0.172. The van der Waals surface area contributed by atoms with Crippen molar-refractivity contribution in [2.75, 3.05) is 0 Å². The first-order valence-corrected chi connectivity index (χ1v) is 4.50. The average Bonchev–Trinajstić information content (AvgIpc) is 2.03. The van der Waals surface area contributed by atoms with Gasteiger partial charge in [0, 0.05) is 16.8 Å². The number of rotatable bonds is 1. The molecule has 0 saturated carbocycles. The normalized spacial score (nSPS) is 11.7. The van der Waals surface area contributed by atoms with Crippen LogP contribution >= 0.6 is 0 Å². The van der Waals surface area contributed by atoms with Gasteiger partial charge in [0.25, 0.3) is 0 Å². The standard InChI is InChI=1S/C11H17N/c1-5-9-7-6-8-10(12-9)11(2,3)4/h6-8H,5H2,1-4H3. The van der Waals surface area contributed by atoms with Crippen LogP contribution in [-0.2, 0) is 11.8 Å². The van der Waals surface area contributed by atoms with E-state index in [1.54, 1.807) is 0 Å². The zero-order valence-corrected chi connectivity index (χ0v) is 8.39. The van der Waals surface area contributed by atoms with Gasteiger partial charge >= 0.3 is 0 Å². The molecule has 12 heavy (non-hydrogen) atoms. The lowest BCUT2D eigenvalue weighted by Gasteiger charge is -2.17. The van der Waals surface area contributed by atoms with Crippen LogP contribution in [0.4, 0.5) is 0 Å². The van der Waals surface area contributed by atoms with E-state index in [4.69, 9.17) is 0 Å². The second-order valence-electron chi connectivity index (χ2n) is 4.12. The van der Waals surface area contributed by atoms with Gasteiger partial charge in [-0.25, -0.2) is 0 Å². The smallest absolute Gasteiger partial charge is 0.0460 e. The molecule has 1 aromatic heterocycles. The number of pyridine rings is 1. The van der Waals surface area contributed by atoms with Gasteiger partial charge in [0.1, 0.15) is 0 Å². The SMILES string of the molecule is CCc1cccc(C(C)(C)C)n1. The number of hydrogen-bond acceptors (Lipinski definition) is 1. The molecule has 1 aromatic rings. The van der Waals surface area contributed by atoms with Crippen LogP contribution in [0.25, 0.3) is 0 Å². The van der Waals surface area contributed by atoms with E-state index in [9.17, 15) is 0 Å². The van der Waals surface area contributed by atoms with Gasteiger partial charge < -0.3 is 0 Å². The molecule has 66 valence electrons. The first-order valence-electron chi connectivity index (χ1n) is 4.50. The lowest BCUT2D eigenvalue weighted by Crippen LogP contribution is -2.13. The van der Waals surface area contributed by atoms with Gasteiger partial charge in [-0.2, -0.15) is 0 Å². The largest absolute Gasteiger partial charge is 0.257 e. The van der Waals surface area contributed by atoms with Gasteiger partial charge in [0.2, 0.25) is 0 Å². The Balaban J connectivity index is 3.02. The molecule has 0 aliphatic heterocycles. The third kappa shape index (κ3) is 2.07. The third-order valence-corrected chi connectivity index (χ3v) is 1.94. The van der Waals surface area contributed by atoms with Crippen LogP contribution in [0.2, 0.25) is 0 Å². The van der Waals surface area contributed by atoms with Crippen molar-refractivity contribution in [2.24, 2.45) is 0 Å². The zero-order valence-electron chi connectivity index (χ0n) is 8.39. The van der Waals surface area contributed by atoms with Crippen molar-refractivity contribution in [3.05, 3.63) is 29.6 Å². The Kier molecular flexibility index (Phi) is 2.51. The van der Waals surface area contributed by atoms with E-state index in [0.717, 1.165) is 6.42 Å². The highest BCUT2D eigenvalue weighted by atomic mass is 14.7. The average molecular weight is 163 g/mol. The van der Waals surface area contributed by atoms with Crippen LogP contribution in [0, 0.1) is 0 Å². The Morgan fingerprint density at radius 1 is 1.25 bits per heavy atom. The maximum Gasteiger partial charge on any atom is 0.0460 e. The third-order valence-electron chi connectivity index (χ3n) is 1.94. The first-order chi connectivity index (χ1) is 5.54. The maximum absolute atomic E-state index is 4.56. The Morgan fingerprint density at radius 3 is 2.42 bits per heavy atom. The fourth-order valence-electron chi connectivity index (χ4n) is 1.09. The predicted molar refractivity (Wildman–Crippen MR) is 52.3 cm³/mol. The highest BCUT2D eigenvalue weighted by molar-refractivity contribution is 5.17. The zero-order chi connectivity index (χ0) is 9.19. The van der Waals surface area contributed by atoms with Crippen LogP contribution < -0.4 is 0 Å².